The van der Waals surface area contributed by atoms with Crippen LogP contribution < -0.4 is 0 Å². The Kier molecular flexibility index (Phi) is 3.74. The minimum absolute atomic E-state index is 0.145. The number of piperidine rings is 2. The summed E-state index contributed by atoms with van der Waals surface area (Å²) in [5, 5.41) is 0. The average molecular weight is 278 g/mol. The highest BCUT2D eigenvalue weighted by Crippen LogP contribution is 2.47. The van der Waals surface area contributed by atoms with Crippen LogP contribution in [-0.2, 0) is 9.59 Å². The molecule has 2 amide bonds. The van der Waals surface area contributed by atoms with Crippen LogP contribution in [0.3, 0.4) is 0 Å². The van der Waals surface area contributed by atoms with Gasteiger partial charge >= 0.3 is 0 Å². The van der Waals surface area contributed by atoms with Crippen molar-refractivity contribution in [1.29, 1.82) is 0 Å². The number of hydrogen-bond acceptors (Lipinski definition) is 2. The first-order valence-corrected chi connectivity index (χ1v) is 8.20. The van der Waals surface area contributed by atoms with Gasteiger partial charge in [-0.2, -0.15) is 0 Å². The summed E-state index contributed by atoms with van der Waals surface area (Å²) in [6, 6.07) is 0.145. The summed E-state index contributed by atoms with van der Waals surface area (Å²) in [5.74, 6) is 0.570. The van der Waals surface area contributed by atoms with Crippen LogP contribution in [-0.4, -0.2) is 47.8 Å². The van der Waals surface area contributed by atoms with Crippen LogP contribution in [0.15, 0.2) is 0 Å². The van der Waals surface area contributed by atoms with Gasteiger partial charge in [0.25, 0.3) is 0 Å². The third kappa shape index (κ3) is 2.13. The number of amides is 2. The summed E-state index contributed by atoms with van der Waals surface area (Å²) in [6.45, 7) is 1.84. The second-order valence-corrected chi connectivity index (χ2v) is 6.78. The maximum Gasteiger partial charge on any atom is 0.230 e. The number of carbonyl (C=O) groups excluding carboxylic acids is 2. The molecule has 3 rings (SSSR count). The Morgan fingerprint density at radius 1 is 1.10 bits per heavy atom. The molecule has 0 spiro atoms. The van der Waals surface area contributed by atoms with Gasteiger partial charge < -0.3 is 9.80 Å². The van der Waals surface area contributed by atoms with Crippen molar-refractivity contribution >= 4 is 11.8 Å². The predicted molar refractivity (Wildman–Crippen MR) is 77.1 cm³/mol. The third-order valence-electron chi connectivity index (χ3n) is 5.70. The van der Waals surface area contributed by atoms with Gasteiger partial charge in [-0.3, -0.25) is 9.59 Å². The van der Waals surface area contributed by atoms with E-state index in [9.17, 15) is 9.59 Å². The molecule has 0 radical (unpaired) electrons. The lowest BCUT2D eigenvalue weighted by molar-refractivity contribution is -0.160. The first-order valence-electron chi connectivity index (χ1n) is 8.20. The molecular formula is C16H26N2O2. The van der Waals surface area contributed by atoms with E-state index < -0.39 is 0 Å². The van der Waals surface area contributed by atoms with Crippen LogP contribution in [0.2, 0.25) is 0 Å². The Balaban J connectivity index is 1.86. The molecular weight excluding hydrogens is 252 g/mol. The minimum atomic E-state index is -0.266. The highest BCUT2D eigenvalue weighted by molar-refractivity contribution is 5.88. The quantitative estimate of drug-likeness (QED) is 0.737. The van der Waals surface area contributed by atoms with Crippen molar-refractivity contribution in [2.45, 2.75) is 63.8 Å². The fourth-order valence-corrected chi connectivity index (χ4v) is 4.53. The van der Waals surface area contributed by atoms with Gasteiger partial charge in [0.15, 0.2) is 0 Å². The monoisotopic (exact) mass is 278 g/mol. The Hall–Kier alpha value is -1.06. The molecule has 2 atom stereocenters. The van der Waals surface area contributed by atoms with Gasteiger partial charge in [-0.1, -0.05) is 12.8 Å². The maximum absolute atomic E-state index is 13.1. The SMILES string of the molecule is CN1C(=O)CC[C@]2(C(=O)N3CCCCC3)CCCC[C@@H]12. The lowest BCUT2D eigenvalue weighted by atomic mass is 9.64. The standard InChI is InChI=1S/C16H26N2O2/c1-17-13-7-3-4-9-16(13,10-8-14(17)19)15(20)18-11-5-2-6-12-18/h13H,2-12H2,1H3/t13-,16-/m1/s1. The Bertz CT molecular complexity index is 403. The van der Waals surface area contributed by atoms with E-state index >= 15 is 0 Å². The van der Waals surface area contributed by atoms with E-state index in [-0.39, 0.29) is 17.4 Å². The fraction of sp³-hybridized carbons (Fsp3) is 0.875. The van der Waals surface area contributed by atoms with Gasteiger partial charge in [-0.05, 0) is 38.5 Å². The molecule has 2 saturated heterocycles. The zero-order chi connectivity index (χ0) is 14.2. The predicted octanol–water partition coefficient (Wildman–Crippen LogP) is 2.18. The molecule has 3 fully saturated rings. The summed E-state index contributed by atoms with van der Waals surface area (Å²) in [7, 11) is 1.90. The third-order valence-corrected chi connectivity index (χ3v) is 5.70. The molecule has 3 aliphatic rings. The van der Waals surface area contributed by atoms with Crippen molar-refractivity contribution in [2.75, 3.05) is 20.1 Å². The largest absolute Gasteiger partial charge is 0.342 e. The van der Waals surface area contributed by atoms with E-state index in [2.05, 4.69) is 4.90 Å². The molecule has 1 aliphatic carbocycles. The Morgan fingerprint density at radius 3 is 2.60 bits per heavy atom. The summed E-state index contributed by atoms with van der Waals surface area (Å²) >= 11 is 0. The Morgan fingerprint density at radius 2 is 1.85 bits per heavy atom. The van der Waals surface area contributed by atoms with Crippen LogP contribution in [0, 0.1) is 5.41 Å². The molecule has 20 heavy (non-hydrogen) atoms. The topological polar surface area (TPSA) is 40.6 Å². The van der Waals surface area contributed by atoms with E-state index in [0.717, 1.165) is 58.0 Å². The molecule has 0 unspecified atom stereocenters. The van der Waals surface area contributed by atoms with Crippen LogP contribution in [0.25, 0.3) is 0 Å². The summed E-state index contributed by atoms with van der Waals surface area (Å²) in [6.07, 6.45) is 9.12. The van der Waals surface area contributed by atoms with Gasteiger partial charge in [0.05, 0.1) is 5.41 Å². The highest BCUT2D eigenvalue weighted by Gasteiger charge is 2.53. The average Bonchev–Trinajstić information content (AvgIpc) is 2.51. The molecule has 4 heteroatoms. The maximum atomic E-state index is 13.1. The first kappa shape index (κ1) is 13.9. The van der Waals surface area contributed by atoms with Crippen molar-refractivity contribution in [3.8, 4) is 0 Å². The zero-order valence-electron chi connectivity index (χ0n) is 12.6. The van der Waals surface area contributed by atoms with E-state index in [0.29, 0.717) is 12.3 Å². The molecule has 0 N–H and O–H groups in total. The number of hydrogen-bond donors (Lipinski definition) is 0. The first-order chi connectivity index (χ1) is 9.65. The van der Waals surface area contributed by atoms with Gasteiger partial charge in [-0.15, -0.1) is 0 Å². The number of nitrogens with zero attached hydrogens (tertiary/aromatic N) is 2. The van der Waals surface area contributed by atoms with E-state index in [1.165, 1.54) is 6.42 Å². The fourth-order valence-electron chi connectivity index (χ4n) is 4.53. The van der Waals surface area contributed by atoms with Gasteiger partial charge in [-0.25, -0.2) is 0 Å². The van der Waals surface area contributed by atoms with Gasteiger partial charge in [0.1, 0.15) is 0 Å². The molecule has 1 saturated carbocycles. The lowest BCUT2D eigenvalue weighted by Crippen LogP contribution is -2.61. The van der Waals surface area contributed by atoms with Crippen LogP contribution in [0.1, 0.15) is 57.8 Å². The van der Waals surface area contributed by atoms with E-state index in [1.54, 1.807) is 0 Å². The molecule has 0 aromatic carbocycles. The van der Waals surface area contributed by atoms with Gasteiger partial charge in [0, 0.05) is 32.6 Å². The minimum Gasteiger partial charge on any atom is -0.342 e. The summed E-state index contributed by atoms with van der Waals surface area (Å²) in [5.41, 5.74) is -0.266. The van der Waals surface area contributed by atoms with Crippen LogP contribution in [0.5, 0.6) is 0 Å². The Labute approximate surface area is 121 Å². The van der Waals surface area contributed by atoms with Crippen molar-refractivity contribution in [3.05, 3.63) is 0 Å². The molecule has 4 nitrogen and oxygen atoms in total. The lowest BCUT2D eigenvalue weighted by Gasteiger charge is -2.52. The normalized spacial score (nSPS) is 34.9. The van der Waals surface area contributed by atoms with Crippen molar-refractivity contribution in [1.82, 2.24) is 9.80 Å². The van der Waals surface area contributed by atoms with E-state index in [4.69, 9.17) is 0 Å². The molecule has 0 aromatic heterocycles. The molecule has 0 bridgehead atoms. The van der Waals surface area contributed by atoms with Crippen molar-refractivity contribution in [3.63, 3.8) is 0 Å². The van der Waals surface area contributed by atoms with Crippen LogP contribution in [0.4, 0.5) is 0 Å². The molecule has 2 heterocycles. The number of carbonyl (C=O) groups is 2. The number of fused-ring (bicyclic) bond motifs is 1. The summed E-state index contributed by atoms with van der Waals surface area (Å²) < 4.78 is 0. The van der Waals surface area contributed by atoms with Gasteiger partial charge in [0.2, 0.25) is 11.8 Å². The van der Waals surface area contributed by atoms with Crippen LogP contribution >= 0.6 is 0 Å². The zero-order valence-corrected chi connectivity index (χ0v) is 12.6. The second kappa shape index (κ2) is 5.38. The van der Waals surface area contributed by atoms with Crippen molar-refractivity contribution < 1.29 is 9.59 Å². The molecule has 2 aliphatic heterocycles. The van der Waals surface area contributed by atoms with E-state index in [1.807, 2.05) is 11.9 Å². The summed E-state index contributed by atoms with van der Waals surface area (Å²) in [4.78, 5) is 29.1. The molecule has 0 aromatic rings. The molecule has 112 valence electrons. The number of likely N-dealkylation sites (tertiary alicyclic amines) is 2. The second-order valence-electron chi connectivity index (χ2n) is 6.78. The number of rotatable bonds is 1. The van der Waals surface area contributed by atoms with Crippen molar-refractivity contribution in [2.24, 2.45) is 5.41 Å². The highest BCUT2D eigenvalue weighted by atomic mass is 16.2. The smallest absolute Gasteiger partial charge is 0.230 e.